The highest BCUT2D eigenvalue weighted by Gasteiger charge is 2.54. The molecule has 62 heavy (non-hydrogen) atoms. The summed E-state index contributed by atoms with van der Waals surface area (Å²) in [5.41, 5.74) is 10.3. The van der Waals surface area contributed by atoms with E-state index in [1.807, 2.05) is 0 Å². The van der Waals surface area contributed by atoms with Crippen molar-refractivity contribution in [3.8, 4) is 0 Å². The number of allylic oxidation sites excluding steroid dienone is 1. The van der Waals surface area contributed by atoms with Crippen molar-refractivity contribution in [3.05, 3.63) is 37.1 Å². The zero-order valence-corrected chi connectivity index (χ0v) is 36.1. The lowest BCUT2D eigenvalue weighted by molar-refractivity contribution is -0.162. The number of hydrogen-bond acceptors (Lipinski definition) is 21. The molecule has 0 spiro atoms. The summed E-state index contributed by atoms with van der Waals surface area (Å²) in [6.07, 6.45) is -7.56. The summed E-state index contributed by atoms with van der Waals surface area (Å²) in [5.74, 6) is -1.89. The minimum Gasteiger partial charge on any atom is -0.469 e. The van der Waals surface area contributed by atoms with E-state index >= 15 is 8.78 Å². The van der Waals surface area contributed by atoms with Crippen molar-refractivity contribution in [1.29, 1.82) is 0 Å². The Hall–Kier alpha value is -4.74. The number of esters is 2. The first-order valence-corrected chi connectivity index (χ1v) is 22.5. The quantitative estimate of drug-likeness (QED) is 0.109. The van der Waals surface area contributed by atoms with Crippen molar-refractivity contribution in [1.82, 2.24) is 39.0 Å². The Labute approximate surface area is 352 Å². The van der Waals surface area contributed by atoms with E-state index < -0.39 is 113 Å². The average molecular weight is 915 g/mol. The van der Waals surface area contributed by atoms with E-state index in [2.05, 4.69) is 29.9 Å². The van der Waals surface area contributed by atoms with Crippen LogP contribution in [0.15, 0.2) is 37.1 Å². The van der Waals surface area contributed by atoms with Gasteiger partial charge in [-0.25, -0.2) is 47.8 Å². The summed E-state index contributed by atoms with van der Waals surface area (Å²) in [5, 5.41) is 0. The molecule has 3 aliphatic heterocycles. The summed E-state index contributed by atoms with van der Waals surface area (Å²) in [7, 11) is -9.80. The number of carbonyl (C=O) groups excluding carboxylic acids is 2. The average Bonchev–Trinajstić information content (AvgIpc) is 4.01. The van der Waals surface area contributed by atoms with Crippen molar-refractivity contribution in [3.63, 3.8) is 0 Å². The molecule has 9 atom stereocenters. The number of rotatable bonds is 12. The molecule has 4 N–H and O–H groups in total. The summed E-state index contributed by atoms with van der Waals surface area (Å²) < 4.78 is 117. The molecule has 3 aliphatic rings. The van der Waals surface area contributed by atoms with Crippen LogP contribution in [0.2, 0.25) is 0 Å². The first-order valence-electron chi connectivity index (χ1n) is 19.3. The van der Waals surface area contributed by atoms with Crippen LogP contribution in [0, 0.1) is 10.8 Å². The molecule has 7 heterocycles. The Morgan fingerprint density at radius 2 is 1.35 bits per heavy atom. The van der Waals surface area contributed by atoms with Gasteiger partial charge in [-0.15, -0.1) is 0 Å². The van der Waals surface area contributed by atoms with Gasteiger partial charge < -0.3 is 30.4 Å². The third-order valence-corrected chi connectivity index (χ3v) is 13.9. The van der Waals surface area contributed by atoms with Gasteiger partial charge in [-0.3, -0.25) is 41.4 Å². The molecule has 23 nitrogen and oxygen atoms in total. The van der Waals surface area contributed by atoms with E-state index in [0.29, 0.717) is 12.8 Å². The predicted octanol–water partition coefficient (Wildman–Crippen LogP) is 4.83. The molecule has 0 aromatic carbocycles. The second kappa shape index (κ2) is 17.4. The van der Waals surface area contributed by atoms with Crippen LogP contribution in [0.25, 0.3) is 22.3 Å². The third-order valence-electron chi connectivity index (χ3n) is 10.8. The number of nitrogens with zero attached hydrogens (tertiary/aromatic N) is 8. The molecular formula is C35H46F2N10O13P2. The second-order valence-corrected chi connectivity index (χ2v) is 19.4. The molecule has 4 aromatic heterocycles. The van der Waals surface area contributed by atoms with Crippen molar-refractivity contribution >= 4 is 61.3 Å². The zero-order chi connectivity index (χ0) is 44.8. The molecule has 2 unspecified atom stereocenters. The predicted molar refractivity (Wildman–Crippen MR) is 209 cm³/mol. The maximum absolute atomic E-state index is 16.9. The molecule has 338 valence electrons. The van der Waals surface area contributed by atoms with Crippen LogP contribution in [-0.2, 0) is 60.3 Å². The normalized spacial score (nSPS) is 30.4. The molecule has 0 amide bonds. The van der Waals surface area contributed by atoms with Crippen LogP contribution in [0.1, 0.15) is 66.8 Å². The van der Waals surface area contributed by atoms with Crippen LogP contribution >= 0.6 is 15.4 Å². The fourth-order valence-electron chi connectivity index (χ4n) is 6.25. The molecule has 0 radical (unpaired) electrons. The highest BCUT2D eigenvalue weighted by atomic mass is 31.2. The van der Waals surface area contributed by atoms with Gasteiger partial charge in [0.1, 0.15) is 48.0 Å². The van der Waals surface area contributed by atoms with Gasteiger partial charge in [0.15, 0.2) is 47.6 Å². The lowest BCUT2D eigenvalue weighted by Gasteiger charge is -2.28. The van der Waals surface area contributed by atoms with E-state index in [1.54, 1.807) is 41.5 Å². The molecular weight excluding hydrogens is 868 g/mol. The zero-order valence-electron chi connectivity index (χ0n) is 34.4. The molecule has 2 saturated heterocycles. The van der Waals surface area contributed by atoms with E-state index in [1.165, 1.54) is 21.8 Å². The summed E-state index contributed by atoms with van der Waals surface area (Å²) in [4.78, 5) is 50.0. The van der Waals surface area contributed by atoms with Gasteiger partial charge in [-0.1, -0.05) is 13.8 Å². The van der Waals surface area contributed by atoms with E-state index in [4.69, 9.17) is 53.0 Å². The minimum absolute atomic E-state index is 0.0157. The largest absolute Gasteiger partial charge is 0.478 e. The molecule has 7 rings (SSSR count). The highest BCUT2D eigenvalue weighted by Crippen LogP contribution is 2.58. The molecule has 0 bridgehead atoms. The number of ether oxygens (including phenoxy) is 4. The summed E-state index contributed by atoms with van der Waals surface area (Å²) in [6.45, 7) is 7.21. The Morgan fingerprint density at radius 1 is 0.806 bits per heavy atom. The first-order chi connectivity index (χ1) is 29.3. The monoisotopic (exact) mass is 914 g/mol. The second-order valence-electron chi connectivity index (χ2n) is 15.7. The number of hydrogen-bond donors (Lipinski definition) is 2. The van der Waals surface area contributed by atoms with Crippen LogP contribution in [-0.4, -0.2) is 108 Å². The lowest BCUT2D eigenvalue weighted by Crippen LogP contribution is -2.35. The smallest absolute Gasteiger partial charge is 0.469 e. The molecule has 0 aliphatic carbocycles. The Bertz CT molecular complexity index is 2450. The first kappa shape index (κ1) is 45.3. The van der Waals surface area contributed by atoms with Crippen molar-refractivity contribution in [2.45, 2.75) is 97.5 Å². The van der Waals surface area contributed by atoms with E-state index in [9.17, 15) is 18.7 Å². The number of fused-ring (bicyclic) bond motifs is 4. The maximum Gasteiger partial charge on any atom is 0.478 e. The number of halogens is 2. The van der Waals surface area contributed by atoms with E-state index in [0.717, 1.165) is 18.7 Å². The fourth-order valence-corrected chi connectivity index (χ4v) is 8.95. The van der Waals surface area contributed by atoms with Crippen molar-refractivity contribution in [2.75, 3.05) is 37.8 Å². The summed E-state index contributed by atoms with van der Waals surface area (Å²) >= 11 is 0. The fraction of sp³-hybridized carbons (Fsp3) is 0.600. The minimum atomic E-state index is -5.10. The van der Waals surface area contributed by atoms with Crippen LogP contribution < -0.4 is 11.5 Å². The third kappa shape index (κ3) is 8.89. The Balaban J connectivity index is 1.27. The molecule has 2 fully saturated rings. The van der Waals surface area contributed by atoms with Crippen LogP contribution in [0.4, 0.5) is 20.4 Å². The van der Waals surface area contributed by atoms with E-state index in [-0.39, 0.29) is 34.0 Å². The Morgan fingerprint density at radius 3 is 1.92 bits per heavy atom. The SMILES string of the molecule is CCC(C)(C)C(=O)OCOP1(=O)C/C=C2/O[C@@H](n3cnc4c(N)ncnc43)[C@H](F)[C@@H]2OP(=O)(OCOC(=O)C(C)(C)CC)OC[C@H]2O[C@@H](n3cnc4c(N)ncnc43)[C@H](F)[C@@H]2O1. The summed E-state index contributed by atoms with van der Waals surface area (Å²) in [6, 6.07) is 0. The number of nitrogens with two attached hydrogens (primary N) is 2. The standard InChI is InChI=1S/C35H46F2N10O13P2/c1-7-34(3,4)32(48)52-16-55-61(50)10-9-18-24(20(36)30(57-18)46-14-44-22-26(38)40-12-42-28(22)46)60-62(51,56-17-53-33(49)35(5,6)8-2)54-11-19-25(59-61)21(37)31(58-19)47-15-45-23-27(39)41-13-43-29(23)47/h9,12-15,19-21,24-25,30-31H,7-8,10-11,16-17H2,1-6H3,(H2,38,40,42)(H2,39,41,43)/b18-9+/t19-,20-,21-,24-,25-,30-,31-,61?,62?/m1/s1. The number of phosphoric acid groups is 1. The van der Waals surface area contributed by atoms with Gasteiger partial charge in [-0.2, -0.15) is 0 Å². The van der Waals surface area contributed by atoms with Gasteiger partial charge in [0, 0.05) is 0 Å². The van der Waals surface area contributed by atoms with Crippen molar-refractivity contribution < 1.29 is 69.1 Å². The topological polar surface area (TPSA) is 291 Å². The molecule has 27 heteroatoms. The van der Waals surface area contributed by atoms with Gasteiger partial charge in [0.05, 0.1) is 29.9 Å². The molecule has 0 saturated carbocycles. The van der Waals surface area contributed by atoms with Gasteiger partial charge in [0.2, 0.25) is 19.8 Å². The lowest BCUT2D eigenvalue weighted by atomic mass is 9.91. The van der Waals surface area contributed by atoms with Gasteiger partial charge >= 0.3 is 27.4 Å². The van der Waals surface area contributed by atoms with Gasteiger partial charge in [-0.05, 0) is 46.6 Å². The van der Waals surface area contributed by atoms with Crippen molar-refractivity contribution in [2.24, 2.45) is 10.8 Å². The van der Waals surface area contributed by atoms with Gasteiger partial charge in [0.25, 0.3) is 0 Å². The number of phosphoric ester groups is 1. The Kier molecular flexibility index (Phi) is 12.7. The van der Waals surface area contributed by atoms with Crippen LogP contribution in [0.3, 0.4) is 0 Å². The number of aromatic nitrogens is 8. The number of alkyl halides is 2. The number of anilines is 2. The number of imidazole rings is 2. The highest BCUT2D eigenvalue weighted by molar-refractivity contribution is 7.54. The molecule has 4 aromatic rings. The maximum atomic E-state index is 16.9. The number of carbonyl (C=O) groups is 2. The number of nitrogen functional groups attached to an aromatic ring is 2. The van der Waals surface area contributed by atoms with Crippen LogP contribution in [0.5, 0.6) is 0 Å².